The molecule has 1 aliphatic rings. The summed E-state index contributed by atoms with van der Waals surface area (Å²) in [6, 6.07) is 15.8. The van der Waals surface area contributed by atoms with Crippen molar-refractivity contribution in [1.82, 2.24) is 9.88 Å². The van der Waals surface area contributed by atoms with E-state index in [2.05, 4.69) is 15.2 Å². The van der Waals surface area contributed by atoms with Gasteiger partial charge in [0.05, 0.1) is 24.6 Å². The van der Waals surface area contributed by atoms with Gasteiger partial charge in [0.15, 0.2) is 0 Å². The van der Waals surface area contributed by atoms with Gasteiger partial charge in [-0.3, -0.25) is 9.69 Å². The van der Waals surface area contributed by atoms with Crippen LogP contribution in [0.15, 0.2) is 60.8 Å². The molecule has 0 radical (unpaired) electrons. The second-order valence-electron chi connectivity index (χ2n) is 7.21. The van der Waals surface area contributed by atoms with Crippen LogP contribution < -0.4 is 11.1 Å². The molecule has 2 heterocycles. The molecule has 4 rings (SSSR count). The van der Waals surface area contributed by atoms with E-state index in [0.29, 0.717) is 16.9 Å². The number of morpholine rings is 1. The molecule has 3 N–H and O–H groups in total. The van der Waals surface area contributed by atoms with Gasteiger partial charge in [0.2, 0.25) is 5.95 Å². The summed E-state index contributed by atoms with van der Waals surface area (Å²) in [6.07, 6.45) is 1.44. The van der Waals surface area contributed by atoms with Crippen molar-refractivity contribution >= 4 is 17.3 Å². The molecule has 0 aliphatic carbocycles. The molecule has 1 aliphatic heterocycles. The Labute approximate surface area is 174 Å². The van der Waals surface area contributed by atoms with Gasteiger partial charge < -0.3 is 15.8 Å². The predicted molar refractivity (Wildman–Crippen MR) is 115 cm³/mol. The first-order chi connectivity index (χ1) is 14.6. The number of hydrogen-bond acceptors (Lipinski definition) is 5. The average molecular weight is 406 g/mol. The number of aromatic nitrogens is 1. The first-order valence-corrected chi connectivity index (χ1v) is 9.80. The first-order valence-electron chi connectivity index (χ1n) is 9.80. The van der Waals surface area contributed by atoms with Crippen molar-refractivity contribution in [2.45, 2.75) is 6.54 Å². The maximum absolute atomic E-state index is 13.1. The number of nitrogens with one attached hydrogen (secondary N) is 1. The zero-order valence-electron chi connectivity index (χ0n) is 16.5. The standard InChI is InChI=1S/C23H23FN4O2/c24-22-8-6-19(14-26-22)18-5-7-20(25)21(13-18)27-23(29)17-3-1-16(2-4-17)15-28-9-11-30-12-10-28/h1-8,13-14H,9-12,15,25H2,(H,27,29). The summed E-state index contributed by atoms with van der Waals surface area (Å²) in [7, 11) is 0. The molecule has 0 bridgehead atoms. The van der Waals surface area contributed by atoms with E-state index in [9.17, 15) is 9.18 Å². The number of anilines is 2. The highest BCUT2D eigenvalue weighted by Crippen LogP contribution is 2.27. The average Bonchev–Trinajstić information content (AvgIpc) is 2.77. The number of pyridine rings is 1. The van der Waals surface area contributed by atoms with Gasteiger partial charge in [-0.2, -0.15) is 4.39 Å². The lowest BCUT2D eigenvalue weighted by Crippen LogP contribution is -2.35. The summed E-state index contributed by atoms with van der Waals surface area (Å²) in [5.74, 6) is -0.784. The number of nitrogen functional groups attached to an aromatic ring is 1. The minimum atomic E-state index is -0.542. The zero-order chi connectivity index (χ0) is 20.9. The molecule has 1 fully saturated rings. The van der Waals surface area contributed by atoms with E-state index in [4.69, 9.17) is 10.5 Å². The van der Waals surface area contributed by atoms with Crippen LogP contribution in [0.5, 0.6) is 0 Å². The van der Waals surface area contributed by atoms with E-state index >= 15 is 0 Å². The third kappa shape index (κ3) is 4.82. The zero-order valence-corrected chi connectivity index (χ0v) is 16.5. The van der Waals surface area contributed by atoms with Crippen LogP contribution in [0.4, 0.5) is 15.8 Å². The van der Waals surface area contributed by atoms with Crippen LogP contribution >= 0.6 is 0 Å². The second-order valence-corrected chi connectivity index (χ2v) is 7.21. The highest BCUT2D eigenvalue weighted by atomic mass is 19.1. The number of carbonyl (C=O) groups is 1. The Balaban J connectivity index is 1.45. The molecular formula is C23H23FN4O2. The number of amides is 1. The van der Waals surface area contributed by atoms with Crippen LogP contribution in [0.3, 0.4) is 0 Å². The molecule has 1 aromatic heterocycles. The maximum Gasteiger partial charge on any atom is 0.255 e. The van der Waals surface area contributed by atoms with E-state index in [1.165, 1.54) is 12.3 Å². The Morgan fingerprint density at radius 2 is 1.80 bits per heavy atom. The van der Waals surface area contributed by atoms with Crippen molar-refractivity contribution < 1.29 is 13.9 Å². The molecule has 154 valence electrons. The van der Waals surface area contributed by atoms with E-state index in [1.807, 2.05) is 24.3 Å². The first kappa shape index (κ1) is 20.0. The lowest BCUT2D eigenvalue weighted by atomic mass is 10.1. The van der Waals surface area contributed by atoms with Crippen LogP contribution in [0.1, 0.15) is 15.9 Å². The summed E-state index contributed by atoms with van der Waals surface area (Å²) < 4.78 is 18.4. The Morgan fingerprint density at radius 3 is 2.50 bits per heavy atom. The number of hydrogen-bond donors (Lipinski definition) is 2. The monoisotopic (exact) mass is 406 g/mol. The van der Waals surface area contributed by atoms with Gasteiger partial charge in [0, 0.05) is 37.0 Å². The van der Waals surface area contributed by atoms with E-state index in [1.54, 1.807) is 24.3 Å². The number of nitrogens with two attached hydrogens (primary N) is 1. The number of carbonyl (C=O) groups excluding carboxylic acids is 1. The summed E-state index contributed by atoms with van der Waals surface area (Å²) >= 11 is 0. The van der Waals surface area contributed by atoms with Crippen molar-refractivity contribution in [3.63, 3.8) is 0 Å². The highest BCUT2D eigenvalue weighted by molar-refractivity contribution is 6.06. The molecule has 0 unspecified atom stereocenters. The smallest absolute Gasteiger partial charge is 0.255 e. The summed E-state index contributed by atoms with van der Waals surface area (Å²) in [5, 5.41) is 2.86. The lowest BCUT2D eigenvalue weighted by molar-refractivity contribution is 0.0342. The number of nitrogens with zero attached hydrogens (tertiary/aromatic N) is 2. The number of benzene rings is 2. The van der Waals surface area contributed by atoms with E-state index < -0.39 is 5.95 Å². The Kier molecular flexibility index (Phi) is 6.02. The number of ether oxygens (including phenoxy) is 1. The summed E-state index contributed by atoms with van der Waals surface area (Å²) in [5.41, 5.74) is 10.2. The quantitative estimate of drug-likeness (QED) is 0.500. The van der Waals surface area contributed by atoms with Crippen molar-refractivity contribution in [3.8, 4) is 11.1 Å². The fourth-order valence-electron chi connectivity index (χ4n) is 3.36. The topological polar surface area (TPSA) is 80.5 Å². The third-order valence-electron chi connectivity index (χ3n) is 5.09. The van der Waals surface area contributed by atoms with Crippen LogP contribution in [0.2, 0.25) is 0 Å². The predicted octanol–water partition coefficient (Wildman–Crippen LogP) is 3.55. The van der Waals surface area contributed by atoms with Gasteiger partial charge >= 0.3 is 0 Å². The van der Waals surface area contributed by atoms with Gasteiger partial charge in [-0.1, -0.05) is 18.2 Å². The number of halogens is 1. The molecule has 1 saturated heterocycles. The van der Waals surface area contributed by atoms with Gasteiger partial charge in [-0.15, -0.1) is 0 Å². The molecule has 0 saturated carbocycles. The lowest BCUT2D eigenvalue weighted by Gasteiger charge is -2.26. The van der Waals surface area contributed by atoms with Crippen LogP contribution in [-0.2, 0) is 11.3 Å². The fraction of sp³-hybridized carbons (Fsp3) is 0.217. The molecule has 30 heavy (non-hydrogen) atoms. The van der Waals surface area contributed by atoms with Gasteiger partial charge in [-0.05, 0) is 47.5 Å². The molecule has 2 aromatic carbocycles. The van der Waals surface area contributed by atoms with Gasteiger partial charge in [-0.25, -0.2) is 4.98 Å². The van der Waals surface area contributed by atoms with Crippen molar-refractivity contribution in [2.75, 3.05) is 37.4 Å². The van der Waals surface area contributed by atoms with Crippen molar-refractivity contribution in [1.29, 1.82) is 0 Å². The van der Waals surface area contributed by atoms with Gasteiger partial charge in [0.25, 0.3) is 5.91 Å². The van der Waals surface area contributed by atoms with Crippen LogP contribution in [0.25, 0.3) is 11.1 Å². The molecular weight excluding hydrogens is 383 g/mol. The molecule has 7 heteroatoms. The van der Waals surface area contributed by atoms with Crippen molar-refractivity contribution in [3.05, 3.63) is 77.9 Å². The van der Waals surface area contributed by atoms with Crippen LogP contribution in [-0.4, -0.2) is 42.1 Å². The molecule has 6 nitrogen and oxygen atoms in total. The fourth-order valence-corrected chi connectivity index (χ4v) is 3.36. The molecule has 3 aromatic rings. The highest BCUT2D eigenvalue weighted by Gasteiger charge is 2.13. The largest absolute Gasteiger partial charge is 0.397 e. The van der Waals surface area contributed by atoms with E-state index in [-0.39, 0.29) is 5.91 Å². The Morgan fingerprint density at radius 1 is 1.07 bits per heavy atom. The second kappa shape index (κ2) is 9.02. The molecule has 1 amide bonds. The van der Waals surface area contributed by atoms with E-state index in [0.717, 1.165) is 49.5 Å². The molecule has 0 atom stereocenters. The summed E-state index contributed by atoms with van der Waals surface area (Å²) in [6.45, 7) is 4.19. The minimum Gasteiger partial charge on any atom is -0.397 e. The maximum atomic E-state index is 13.1. The number of rotatable bonds is 5. The Hall–Kier alpha value is -3.29. The van der Waals surface area contributed by atoms with Gasteiger partial charge in [0.1, 0.15) is 0 Å². The normalized spacial score (nSPS) is 14.4. The Bertz CT molecular complexity index is 1020. The van der Waals surface area contributed by atoms with Crippen LogP contribution in [0, 0.1) is 5.95 Å². The molecule has 0 spiro atoms. The van der Waals surface area contributed by atoms with Crippen molar-refractivity contribution in [2.24, 2.45) is 0 Å². The third-order valence-corrected chi connectivity index (χ3v) is 5.09. The SMILES string of the molecule is Nc1ccc(-c2ccc(F)nc2)cc1NC(=O)c1ccc(CN2CCOCC2)cc1. The summed E-state index contributed by atoms with van der Waals surface area (Å²) in [4.78, 5) is 18.7. The minimum absolute atomic E-state index is 0.242.